The fraction of sp³-hybridized carbons (Fsp3) is 0.333. The van der Waals surface area contributed by atoms with Crippen LogP contribution in [0.2, 0.25) is 5.02 Å². The number of aromatic nitrogens is 1. The molecule has 10 heteroatoms. The largest absolute Gasteiger partial charge is 0.497 e. The van der Waals surface area contributed by atoms with Crippen LogP contribution in [0.3, 0.4) is 0 Å². The first kappa shape index (κ1) is 22.0. The van der Waals surface area contributed by atoms with Gasteiger partial charge in [-0.15, -0.1) is 0 Å². The Balaban J connectivity index is 1.49. The van der Waals surface area contributed by atoms with Gasteiger partial charge >= 0.3 is 0 Å². The summed E-state index contributed by atoms with van der Waals surface area (Å²) < 4.78 is 35.2. The molecule has 7 nitrogen and oxygen atoms in total. The fourth-order valence-electron chi connectivity index (χ4n) is 3.63. The standard InChI is InChI=1S/C21H22ClN3O4S2/c1-24-18-8-5-16(29-2)13-19(18)30-21(24)23-20(26)14-9-11-25(12-10-14)31(27,28)17-6-3-15(22)4-7-17/h3-8,13-14H,9-12H2,1-2H3. The van der Waals surface area contributed by atoms with Crippen LogP contribution in [0.25, 0.3) is 10.2 Å². The van der Waals surface area contributed by atoms with Gasteiger partial charge in [-0.25, -0.2) is 8.42 Å². The molecule has 0 saturated carbocycles. The first-order valence-corrected chi connectivity index (χ1v) is 12.4. The number of hydrogen-bond acceptors (Lipinski definition) is 5. The second kappa shape index (κ2) is 8.74. The second-order valence-corrected chi connectivity index (χ2v) is 10.7. The number of nitrogens with zero attached hydrogens (tertiary/aromatic N) is 3. The highest BCUT2D eigenvalue weighted by atomic mass is 35.5. The van der Waals surface area contributed by atoms with Crippen LogP contribution in [-0.4, -0.2) is 43.4 Å². The van der Waals surface area contributed by atoms with Gasteiger partial charge in [-0.1, -0.05) is 22.9 Å². The smallest absolute Gasteiger partial charge is 0.251 e. The Morgan fingerprint density at radius 2 is 1.84 bits per heavy atom. The molecule has 0 aliphatic carbocycles. The van der Waals surface area contributed by atoms with E-state index in [9.17, 15) is 13.2 Å². The fourth-order valence-corrected chi connectivity index (χ4v) is 6.28. The number of sulfonamides is 1. The zero-order valence-corrected chi connectivity index (χ0v) is 19.5. The molecular formula is C21H22ClN3O4S2. The molecule has 1 fully saturated rings. The molecule has 0 bridgehead atoms. The molecule has 2 aromatic carbocycles. The van der Waals surface area contributed by atoms with E-state index in [1.54, 1.807) is 19.2 Å². The Bertz CT molecular complexity index is 1290. The summed E-state index contributed by atoms with van der Waals surface area (Å²) in [7, 11) is -0.111. The number of halogens is 1. The van der Waals surface area contributed by atoms with Gasteiger partial charge in [-0.2, -0.15) is 9.30 Å². The molecule has 0 atom stereocenters. The van der Waals surface area contributed by atoms with Crippen molar-refractivity contribution in [2.24, 2.45) is 18.0 Å². The van der Waals surface area contributed by atoms with Gasteiger partial charge in [0.25, 0.3) is 5.91 Å². The highest BCUT2D eigenvalue weighted by Gasteiger charge is 2.32. The summed E-state index contributed by atoms with van der Waals surface area (Å²) in [6.07, 6.45) is 0.884. The number of ether oxygens (including phenoxy) is 1. The van der Waals surface area contributed by atoms with E-state index in [2.05, 4.69) is 4.99 Å². The number of amides is 1. The van der Waals surface area contributed by atoms with E-state index >= 15 is 0 Å². The molecule has 0 spiro atoms. The number of piperidine rings is 1. The molecule has 31 heavy (non-hydrogen) atoms. The Hall–Kier alpha value is -2.20. The third-order valence-electron chi connectivity index (χ3n) is 5.48. The van der Waals surface area contributed by atoms with Crippen molar-refractivity contribution in [1.29, 1.82) is 0 Å². The highest BCUT2D eigenvalue weighted by molar-refractivity contribution is 7.89. The average Bonchev–Trinajstić information content (AvgIpc) is 3.08. The molecule has 3 aromatic rings. The number of hydrogen-bond donors (Lipinski definition) is 0. The van der Waals surface area contributed by atoms with Crippen LogP contribution >= 0.6 is 22.9 Å². The van der Waals surface area contributed by atoms with Crippen LogP contribution in [-0.2, 0) is 21.9 Å². The minimum Gasteiger partial charge on any atom is -0.497 e. The predicted molar refractivity (Wildman–Crippen MR) is 121 cm³/mol. The predicted octanol–water partition coefficient (Wildman–Crippen LogP) is 3.43. The number of aryl methyl sites for hydroxylation is 1. The van der Waals surface area contributed by atoms with E-state index < -0.39 is 10.0 Å². The molecular weight excluding hydrogens is 458 g/mol. The summed E-state index contributed by atoms with van der Waals surface area (Å²) in [5, 5.41) is 0.484. The van der Waals surface area contributed by atoms with Crippen molar-refractivity contribution in [3.63, 3.8) is 0 Å². The number of carbonyl (C=O) groups excluding carboxylic acids is 1. The lowest BCUT2D eigenvalue weighted by Crippen LogP contribution is -2.40. The molecule has 0 unspecified atom stereocenters. The van der Waals surface area contributed by atoms with Crippen LogP contribution in [0.1, 0.15) is 12.8 Å². The van der Waals surface area contributed by atoms with Crippen molar-refractivity contribution in [1.82, 2.24) is 8.87 Å². The lowest BCUT2D eigenvalue weighted by molar-refractivity contribution is -0.122. The minimum absolute atomic E-state index is 0.207. The number of thiazole rings is 1. The molecule has 1 aromatic heterocycles. The molecule has 1 aliphatic heterocycles. The molecule has 164 valence electrons. The van der Waals surface area contributed by atoms with Gasteiger partial charge in [0, 0.05) is 31.1 Å². The number of methoxy groups -OCH3 is 1. The Morgan fingerprint density at radius 1 is 1.16 bits per heavy atom. The SMILES string of the molecule is COc1ccc2c(c1)sc(=NC(=O)C1CCN(S(=O)(=O)c3ccc(Cl)cc3)CC1)n2C. The van der Waals surface area contributed by atoms with Gasteiger partial charge < -0.3 is 9.30 Å². The highest BCUT2D eigenvalue weighted by Crippen LogP contribution is 2.26. The second-order valence-electron chi connectivity index (χ2n) is 7.36. The van der Waals surface area contributed by atoms with Crippen LogP contribution in [0.15, 0.2) is 52.4 Å². The van der Waals surface area contributed by atoms with Crippen molar-refractivity contribution in [3.05, 3.63) is 52.3 Å². The first-order chi connectivity index (χ1) is 14.8. The maximum atomic E-state index is 12.8. The van der Waals surface area contributed by atoms with Crippen LogP contribution < -0.4 is 9.54 Å². The zero-order chi connectivity index (χ0) is 22.2. The molecule has 1 saturated heterocycles. The minimum atomic E-state index is -3.60. The van der Waals surface area contributed by atoms with E-state index in [1.807, 2.05) is 29.8 Å². The lowest BCUT2D eigenvalue weighted by atomic mass is 9.98. The summed E-state index contributed by atoms with van der Waals surface area (Å²) in [6, 6.07) is 11.9. The summed E-state index contributed by atoms with van der Waals surface area (Å²) in [6.45, 7) is 0.569. The Labute approximate surface area is 189 Å². The summed E-state index contributed by atoms with van der Waals surface area (Å²) in [5.74, 6) is 0.246. The van der Waals surface area contributed by atoms with Gasteiger partial charge in [0.05, 0.1) is 22.2 Å². The quantitative estimate of drug-likeness (QED) is 0.574. The van der Waals surface area contributed by atoms with Crippen molar-refractivity contribution < 1.29 is 17.9 Å². The molecule has 0 N–H and O–H groups in total. The maximum Gasteiger partial charge on any atom is 0.251 e. The summed E-state index contributed by atoms with van der Waals surface area (Å²) in [4.78, 5) is 18.0. The van der Waals surface area contributed by atoms with E-state index in [-0.39, 0.29) is 29.8 Å². The third-order valence-corrected chi connectivity index (χ3v) is 8.74. The molecule has 0 radical (unpaired) electrons. The Morgan fingerprint density at radius 3 is 2.48 bits per heavy atom. The van der Waals surface area contributed by atoms with Crippen molar-refractivity contribution >= 4 is 49.1 Å². The van der Waals surface area contributed by atoms with Crippen LogP contribution in [0.5, 0.6) is 5.75 Å². The molecule has 2 heterocycles. The number of carbonyl (C=O) groups is 1. The van der Waals surface area contributed by atoms with Gasteiger partial charge in [-0.05, 0) is 55.3 Å². The van der Waals surface area contributed by atoms with E-state index in [0.717, 1.165) is 16.0 Å². The van der Waals surface area contributed by atoms with E-state index in [4.69, 9.17) is 16.3 Å². The Kier molecular flexibility index (Phi) is 6.20. The van der Waals surface area contributed by atoms with Gasteiger partial charge in [0.2, 0.25) is 10.0 Å². The topological polar surface area (TPSA) is 81.0 Å². The van der Waals surface area contributed by atoms with Crippen molar-refractivity contribution in [2.45, 2.75) is 17.7 Å². The van der Waals surface area contributed by atoms with Gasteiger partial charge in [0.15, 0.2) is 4.80 Å². The molecule has 1 aliphatic rings. The monoisotopic (exact) mass is 479 g/mol. The van der Waals surface area contributed by atoms with Crippen molar-refractivity contribution in [3.8, 4) is 5.75 Å². The first-order valence-electron chi connectivity index (χ1n) is 9.77. The van der Waals surface area contributed by atoms with Gasteiger partial charge in [0.1, 0.15) is 5.75 Å². The normalized spacial score (nSPS) is 16.7. The van der Waals surface area contributed by atoms with E-state index in [1.165, 1.54) is 27.8 Å². The number of benzene rings is 2. The van der Waals surface area contributed by atoms with Crippen molar-refractivity contribution in [2.75, 3.05) is 20.2 Å². The number of fused-ring (bicyclic) bond motifs is 1. The molecule has 1 amide bonds. The summed E-state index contributed by atoms with van der Waals surface area (Å²) in [5.41, 5.74) is 0.973. The van der Waals surface area contributed by atoms with Gasteiger partial charge in [-0.3, -0.25) is 4.79 Å². The average molecular weight is 480 g/mol. The zero-order valence-electron chi connectivity index (χ0n) is 17.1. The third kappa shape index (κ3) is 4.41. The van der Waals surface area contributed by atoms with Crippen LogP contribution in [0.4, 0.5) is 0 Å². The summed E-state index contributed by atoms with van der Waals surface area (Å²) >= 11 is 7.28. The molecule has 4 rings (SSSR count). The lowest BCUT2D eigenvalue weighted by Gasteiger charge is -2.29. The maximum absolute atomic E-state index is 12.8. The van der Waals surface area contributed by atoms with E-state index in [0.29, 0.717) is 22.7 Å². The number of rotatable bonds is 4. The van der Waals surface area contributed by atoms with Crippen LogP contribution in [0, 0.1) is 5.92 Å².